The van der Waals surface area contributed by atoms with Gasteiger partial charge in [0.25, 0.3) is 10.0 Å². The molecule has 0 radical (unpaired) electrons. The summed E-state index contributed by atoms with van der Waals surface area (Å²) < 4.78 is 44.4. The van der Waals surface area contributed by atoms with Crippen LogP contribution < -0.4 is 9.62 Å². The molecule has 0 saturated carbocycles. The molecule has 236 valence electrons. The van der Waals surface area contributed by atoms with Crippen molar-refractivity contribution in [3.05, 3.63) is 131 Å². The van der Waals surface area contributed by atoms with Crippen LogP contribution in [0, 0.1) is 25.6 Å². The zero-order chi connectivity index (χ0) is 32.6. The second-order valence-electron chi connectivity index (χ2n) is 11.5. The van der Waals surface area contributed by atoms with E-state index in [0.717, 1.165) is 15.4 Å². The Hall–Kier alpha value is -4.50. The van der Waals surface area contributed by atoms with Gasteiger partial charge in [0.05, 0.1) is 10.6 Å². The molecule has 0 heterocycles. The second-order valence-corrected chi connectivity index (χ2v) is 13.4. The van der Waals surface area contributed by atoms with E-state index in [9.17, 15) is 18.0 Å². The van der Waals surface area contributed by atoms with Gasteiger partial charge in [-0.2, -0.15) is 0 Å². The van der Waals surface area contributed by atoms with Crippen molar-refractivity contribution < 1.29 is 22.4 Å². The molecule has 0 aliphatic carbocycles. The van der Waals surface area contributed by atoms with E-state index in [1.165, 1.54) is 23.1 Å². The maximum absolute atomic E-state index is 15.0. The number of aryl methyl sites for hydroxylation is 1. The number of carbonyl (C=O) groups is 2. The molecule has 4 aromatic carbocycles. The second kappa shape index (κ2) is 15.0. The number of anilines is 1. The molecule has 1 atom stereocenters. The van der Waals surface area contributed by atoms with E-state index >= 15 is 4.39 Å². The van der Waals surface area contributed by atoms with E-state index in [-0.39, 0.29) is 29.3 Å². The summed E-state index contributed by atoms with van der Waals surface area (Å²) in [6, 6.07) is 27.5. The van der Waals surface area contributed by atoms with Gasteiger partial charge < -0.3 is 10.2 Å². The standard InChI is InChI=1S/C36H40FN3O4S/c1-26(2)23-38-36(42)34(22-29-15-7-5-8-16-29)39(24-30-17-11-12-20-32(30)37)35(41)25-40(33-21-13-14-27(3)28(33)4)45(43,44)31-18-9-6-10-19-31/h5-21,26,34H,22-25H2,1-4H3,(H,38,42)/t34-/m1/s1. The van der Waals surface area contributed by atoms with Gasteiger partial charge in [0.2, 0.25) is 11.8 Å². The van der Waals surface area contributed by atoms with Gasteiger partial charge in [-0.1, -0.05) is 92.7 Å². The summed E-state index contributed by atoms with van der Waals surface area (Å²) in [5, 5.41) is 2.94. The number of hydrogen-bond acceptors (Lipinski definition) is 4. The third kappa shape index (κ3) is 8.36. The van der Waals surface area contributed by atoms with E-state index in [2.05, 4.69) is 5.32 Å². The molecular formula is C36H40FN3O4S. The zero-order valence-corrected chi connectivity index (χ0v) is 26.9. The Balaban J connectivity index is 1.83. The summed E-state index contributed by atoms with van der Waals surface area (Å²) >= 11 is 0. The molecule has 45 heavy (non-hydrogen) atoms. The number of carbonyl (C=O) groups excluding carboxylic acids is 2. The quantitative estimate of drug-likeness (QED) is 0.195. The Morgan fingerprint density at radius 1 is 0.822 bits per heavy atom. The highest BCUT2D eigenvalue weighted by molar-refractivity contribution is 7.92. The fraction of sp³-hybridized carbons (Fsp3) is 0.278. The summed E-state index contributed by atoms with van der Waals surface area (Å²) in [6.07, 6.45) is 0.153. The smallest absolute Gasteiger partial charge is 0.264 e. The van der Waals surface area contributed by atoms with E-state index < -0.39 is 40.2 Å². The van der Waals surface area contributed by atoms with Crippen LogP contribution in [0.2, 0.25) is 0 Å². The molecule has 0 saturated heterocycles. The molecule has 0 aliphatic rings. The van der Waals surface area contributed by atoms with Crippen molar-refractivity contribution in [2.75, 3.05) is 17.4 Å². The first-order valence-electron chi connectivity index (χ1n) is 15.0. The number of halogens is 1. The molecule has 0 aromatic heterocycles. The molecule has 4 aromatic rings. The first-order valence-corrected chi connectivity index (χ1v) is 16.4. The van der Waals surface area contributed by atoms with Crippen LogP contribution in [-0.4, -0.2) is 44.3 Å². The van der Waals surface area contributed by atoms with E-state index in [1.807, 2.05) is 57.2 Å². The topological polar surface area (TPSA) is 86.8 Å². The highest BCUT2D eigenvalue weighted by atomic mass is 32.2. The molecular weight excluding hydrogens is 589 g/mol. The van der Waals surface area contributed by atoms with Crippen LogP contribution in [0.15, 0.2) is 108 Å². The average molecular weight is 630 g/mol. The molecule has 7 nitrogen and oxygen atoms in total. The Morgan fingerprint density at radius 2 is 1.44 bits per heavy atom. The van der Waals surface area contributed by atoms with E-state index in [1.54, 1.807) is 55.5 Å². The Kier molecular flexibility index (Phi) is 11.1. The van der Waals surface area contributed by atoms with Crippen LogP contribution in [0.5, 0.6) is 0 Å². The van der Waals surface area contributed by atoms with Gasteiger partial charge in [-0.15, -0.1) is 0 Å². The molecule has 0 bridgehead atoms. The highest BCUT2D eigenvalue weighted by Crippen LogP contribution is 2.29. The predicted octanol–water partition coefficient (Wildman–Crippen LogP) is 6.05. The average Bonchev–Trinajstić information content (AvgIpc) is 3.03. The summed E-state index contributed by atoms with van der Waals surface area (Å²) in [5.41, 5.74) is 2.91. The molecule has 1 N–H and O–H groups in total. The third-order valence-electron chi connectivity index (χ3n) is 7.71. The summed E-state index contributed by atoms with van der Waals surface area (Å²) in [6.45, 7) is 7.15. The van der Waals surface area contributed by atoms with Crippen LogP contribution in [0.3, 0.4) is 0 Å². The fourth-order valence-electron chi connectivity index (χ4n) is 5.03. The number of nitrogens with one attached hydrogen (secondary N) is 1. The fourth-order valence-corrected chi connectivity index (χ4v) is 6.52. The van der Waals surface area contributed by atoms with Crippen molar-refractivity contribution in [1.29, 1.82) is 0 Å². The number of amides is 2. The maximum Gasteiger partial charge on any atom is 0.264 e. The maximum atomic E-state index is 15.0. The lowest BCUT2D eigenvalue weighted by Crippen LogP contribution is -2.54. The monoisotopic (exact) mass is 629 g/mol. The van der Waals surface area contributed by atoms with Crippen LogP contribution in [0.4, 0.5) is 10.1 Å². The van der Waals surface area contributed by atoms with Crippen molar-refractivity contribution >= 4 is 27.5 Å². The number of nitrogens with zero attached hydrogens (tertiary/aromatic N) is 2. The number of rotatable bonds is 13. The van der Waals surface area contributed by atoms with Crippen molar-refractivity contribution in [3.8, 4) is 0 Å². The molecule has 2 amide bonds. The highest BCUT2D eigenvalue weighted by Gasteiger charge is 2.35. The normalized spacial score (nSPS) is 12.0. The van der Waals surface area contributed by atoms with E-state index in [4.69, 9.17) is 0 Å². The minimum absolute atomic E-state index is 0.0230. The molecule has 0 unspecified atom stereocenters. The van der Waals surface area contributed by atoms with E-state index in [0.29, 0.717) is 17.8 Å². The van der Waals surface area contributed by atoms with Crippen molar-refractivity contribution in [3.63, 3.8) is 0 Å². The molecule has 9 heteroatoms. The summed E-state index contributed by atoms with van der Waals surface area (Å²) in [4.78, 5) is 29.7. The van der Waals surface area contributed by atoms with Gasteiger partial charge in [0, 0.05) is 25.1 Å². The van der Waals surface area contributed by atoms with Gasteiger partial charge in [0.15, 0.2) is 0 Å². The van der Waals surface area contributed by atoms with Crippen LogP contribution in [-0.2, 0) is 32.6 Å². The number of sulfonamides is 1. The van der Waals surface area contributed by atoms with Gasteiger partial charge in [-0.3, -0.25) is 13.9 Å². The first kappa shape index (κ1) is 33.4. The minimum atomic E-state index is -4.22. The van der Waals surface area contributed by atoms with Crippen LogP contribution in [0.1, 0.15) is 36.1 Å². The zero-order valence-electron chi connectivity index (χ0n) is 26.1. The molecule has 0 spiro atoms. The van der Waals surface area contributed by atoms with Crippen LogP contribution >= 0.6 is 0 Å². The number of benzene rings is 4. The summed E-state index contributed by atoms with van der Waals surface area (Å²) in [5.74, 6) is -1.42. The molecule has 4 rings (SSSR count). The lowest BCUT2D eigenvalue weighted by Gasteiger charge is -2.34. The Bertz CT molecular complexity index is 1710. The minimum Gasteiger partial charge on any atom is -0.354 e. The Morgan fingerprint density at radius 3 is 2.09 bits per heavy atom. The number of hydrogen-bond donors (Lipinski definition) is 1. The lowest BCUT2D eigenvalue weighted by molar-refractivity contribution is -0.140. The predicted molar refractivity (Wildman–Crippen MR) is 176 cm³/mol. The largest absolute Gasteiger partial charge is 0.354 e. The van der Waals surface area contributed by atoms with Crippen molar-refractivity contribution in [1.82, 2.24) is 10.2 Å². The third-order valence-corrected chi connectivity index (χ3v) is 9.48. The van der Waals surface area contributed by atoms with Crippen molar-refractivity contribution in [2.45, 2.75) is 51.6 Å². The molecule has 0 aliphatic heterocycles. The molecule has 0 fully saturated rings. The SMILES string of the molecule is Cc1cccc(N(CC(=O)N(Cc2ccccc2F)[C@H](Cc2ccccc2)C(=O)NCC(C)C)S(=O)(=O)c2ccccc2)c1C. The van der Waals surface area contributed by atoms with Gasteiger partial charge in [0.1, 0.15) is 18.4 Å². The lowest BCUT2D eigenvalue weighted by atomic mass is 10.0. The van der Waals surface area contributed by atoms with Gasteiger partial charge >= 0.3 is 0 Å². The van der Waals surface area contributed by atoms with Crippen LogP contribution in [0.25, 0.3) is 0 Å². The first-order chi connectivity index (χ1) is 21.5. The van der Waals surface area contributed by atoms with Gasteiger partial charge in [-0.05, 0) is 60.7 Å². The van der Waals surface area contributed by atoms with Gasteiger partial charge in [-0.25, -0.2) is 12.8 Å². The Labute approximate surface area is 265 Å². The summed E-state index contributed by atoms with van der Waals surface area (Å²) in [7, 11) is -4.22. The van der Waals surface area contributed by atoms with Crippen molar-refractivity contribution in [2.24, 2.45) is 5.92 Å².